The first-order valence-electron chi connectivity index (χ1n) is 14.2. The molecule has 0 N–H and O–H groups in total. The molecule has 0 amide bonds. The maximum atomic E-state index is 14.1. The average molecular weight is 632 g/mol. The van der Waals surface area contributed by atoms with Crippen molar-refractivity contribution in [3.05, 3.63) is 56.6 Å². The smallest absolute Gasteiger partial charge is 0.279 e. The number of hydrogen-bond donors (Lipinski definition) is 0. The molecule has 0 unspecified atom stereocenters. The molecule has 42 heavy (non-hydrogen) atoms. The van der Waals surface area contributed by atoms with Crippen LogP contribution in [0.1, 0.15) is 24.8 Å². The minimum absolute atomic E-state index is 0.0402. The third-order valence-corrected chi connectivity index (χ3v) is 10.7. The van der Waals surface area contributed by atoms with Gasteiger partial charge in [0, 0.05) is 33.2 Å². The number of nitrogens with zero attached hydrogens (tertiary/aromatic N) is 3. The fraction of sp³-hybridized carbons (Fsp3) is 0.483. The summed E-state index contributed by atoms with van der Waals surface area (Å²) in [5, 5.41) is 0.565. The first-order valence-corrected chi connectivity index (χ1v) is 20.5. The van der Waals surface area contributed by atoms with Crippen LogP contribution in [0.25, 0.3) is 32.4 Å². The highest BCUT2D eigenvalue weighted by Gasteiger charge is 2.22. The van der Waals surface area contributed by atoms with Crippen molar-refractivity contribution < 1.29 is 22.1 Å². The van der Waals surface area contributed by atoms with Crippen LogP contribution in [0.5, 0.6) is 5.75 Å². The van der Waals surface area contributed by atoms with Crippen molar-refractivity contribution in [1.82, 2.24) is 13.5 Å². The van der Waals surface area contributed by atoms with Gasteiger partial charge in [-0.05, 0) is 43.0 Å². The van der Waals surface area contributed by atoms with Gasteiger partial charge < -0.3 is 9.47 Å². The van der Waals surface area contributed by atoms with Gasteiger partial charge in [-0.2, -0.15) is 8.42 Å². The monoisotopic (exact) mass is 631 g/mol. The van der Waals surface area contributed by atoms with E-state index < -0.39 is 18.2 Å². The number of rotatable bonds is 9. The van der Waals surface area contributed by atoms with E-state index in [4.69, 9.17) is 18.6 Å². The molecule has 0 fully saturated rings. The maximum absolute atomic E-state index is 14.1. The highest BCUT2D eigenvalue weighted by Crippen LogP contribution is 2.34. The van der Waals surface area contributed by atoms with Crippen LogP contribution >= 0.6 is 11.5 Å². The van der Waals surface area contributed by atoms with E-state index in [-0.39, 0.29) is 36.6 Å². The van der Waals surface area contributed by atoms with E-state index >= 15 is 0 Å². The van der Waals surface area contributed by atoms with Gasteiger partial charge in [0.2, 0.25) is 0 Å². The Labute approximate surface area is 250 Å². The lowest BCUT2D eigenvalue weighted by atomic mass is 10.1. The van der Waals surface area contributed by atoms with Crippen molar-refractivity contribution >= 4 is 50.8 Å². The van der Waals surface area contributed by atoms with Gasteiger partial charge in [-0.25, -0.2) is 4.98 Å². The summed E-state index contributed by atoms with van der Waals surface area (Å²) in [6.07, 6.45) is 3.73. The van der Waals surface area contributed by atoms with Crippen LogP contribution in [0, 0.1) is 0 Å². The Morgan fingerprint density at radius 2 is 1.86 bits per heavy atom. The number of ether oxygens (including phenoxy) is 2. The first kappa shape index (κ1) is 30.6. The zero-order valence-electron chi connectivity index (χ0n) is 24.5. The van der Waals surface area contributed by atoms with Crippen LogP contribution in [0.3, 0.4) is 0 Å². The van der Waals surface area contributed by atoms with Crippen LogP contribution in [-0.2, 0) is 38.7 Å². The summed E-state index contributed by atoms with van der Waals surface area (Å²) in [4.78, 5) is 32.2. The van der Waals surface area contributed by atoms with Gasteiger partial charge >= 0.3 is 0 Å². The summed E-state index contributed by atoms with van der Waals surface area (Å²) in [5.74, 6) is 0.497. The van der Waals surface area contributed by atoms with Crippen molar-refractivity contribution in [2.75, 3.05) is 26.1 Å². The topological polar surface area (TPSA) is 119 Å². The lowest BCUT2D eigenvalue weighted by molar-refractivity contribution is 0.0878. The fourth-order valence-electron chi connectivity index (χ4n) is 4.96. The molecular formula is C29H37N3O7S2Si. The predicted octanol–water partition coefficient (Wildman–Crippen LogP) is 4.83. The van der Waals surface area contributed by atoms with Gasteiger partial charge in [-0.1, -0.05) is 49.4 Å². The van der Waals surface area contributed by atoms with Gasteiger partial charge in [0.05, 0.1) is 35.1 Å². The van der Waals surface area contributed by atoms with Crippen molar-refractivity contribution in [3.8, 4) is 17.0 Å². The molecule has 10 nitrogen and oxygen atoms in total. The molecule has 226 valence electrons. The molecule has 0 radical (unpaired) electrons. The predicted molar refractivity (Wildman–Crippen MR) is 169 cm³/mol. The molecule has 2 aromatic heterocycles. The third kappa shape index (κ3) is 6.86. The van der Waals surface area contributed by atoms with E-state index in [1.54, 1.807) is 26.7 Å². The van der Waals surface area contributed by atoms with Crippen LogP contribution in [0.4, 0.5) is 0 Å². The quantitative estimate of drug-likeness (QED) is 0.146. The second kappa shape index (κ2) is 12.4. The summed E-state index contributed by atoms with van der Waals surface area (Å²) in [6.45, 7) is 8.33. The van der Waals surface area contributed by atoms with E-state index in [0.717, 1.165) is 41.8 Å². The molecule has 1 aliphatic rings. The minimum atomic E-state index is -3.61. The summed E-state index contributed by atoms with van der Waals surface area (Å²) in [5.41, 5.74) is 2.19. The van der Waals surface area contributed by atoms with Gasteiger partial charge in [-0.3, -0.25) is 22.3 Å². The van der Waals surface area contributed by atoms with Gasteiger partial charge in [0.15, 0.2) is 0 Å². The SMILES string of the molecule is C[Si](C)(C)CCOCn1c(=O)c2nc3c(c(CCOS(C)(=O)=O)ccc31)OCCCCCn1sc3c-2cccc3c1=O. The molecule has 4 aromatic rings. The molecule has 13 heteroatoms. The average Bonchev–Trinajstić information content (AvgIpc) is 3.23. The molecule has 0 atom stereocenters. The molecule has 0 saturated carbocycles. The molecule has 0 aliphatic carbocycles. The van der Waals surface area contributed by atoms with Crippen LogP contribution < -0.4 is 15.9 Å². The van der Waals surface area contributed by atoms with E-state index in [2.05, 4.69) is 19.6 Å². The van der Waals surface area contributed by atoms with E-state index in [1.165, 1.54) is 11.5 Å². The van der Waals surface area contributed by atoms with Crippen LogP contribution in [-0.4, -0.2) is 56.1 Å². The summed E-state index contributed by atoms with van der Waals surface area (Å²) in [7, 11) is -4.95. The zero-order chi connectivity index (χ0) is 30.1. The maximum Gasteiger partial charge on any atom is 0.279 e. The van der Waals surface area contributed by atoms with Crippen LogP contribution in [0.2, 0.25) is 25.7 Å². The second-order valence-corrected chi connectivity index (χ2v) is 20.1. The second-order valence-electron chi connectivity index (χ2n) is 11.8. The lowest BCUT2D eigenvalue weighted by Gasteiger charge is -2.19. The number of hydrogen-bond acceptors (Lipinski definition) is 9. The summed E-state index contributed by atoms with van der Waals surface area (Å²) in [6, 6.07) is 9.99. The Kier molecular flexibility index (Phi) is 9.04. The normalized spacial score (nSPS) is 14.5. The fourth-order valence-corrected chi connectivity index (χ4v) is 7.24. The van der Waals surface area contributed by atoms with Gasteiger partial charge in [0.1, 0.15) is 23.7 Å². The Balaban J connectivity index is 1.72. The zero-order valence-corrected chi connectivity index (χ0v) is 27.1. The minimum Gasteiger partial charge on any atom is -0.491 e. The number of aryl methyl sites for hydroxylation is 1. The number of fused-ring (bicyclic) bond motifs is 3. The number of benzene rings is 2. The van der Waals surface area contributed by atoms with Crippen molar-refractivity contribution in [1.29, 1.82) is 0 Å². The van der Waals surface area contributed by atoms with Crippen molar-refractivity contribution in [3.63, 3.8) is 0 Å². The Bertz CT molecular complexity index is 1840. The largest absolute Gasteiger partial charge is 0.491 e. The van der Waals surface area contributed by atoms with Gasteiger partial charge in [-0.15, -0.1) is 0 Å². The molecule has 0 spiro atoms. The molecular weight excluding hydrogens is 595 g/mol. The van der Waals surface area contributed by atoms with E-state index in [1.807, 2.05) is 12.1 Å². The highest BCUT2D eigenvalue weighted by atomic mass is 32.2. The van der Waals surface area contributed by atoms with E-state index in [0.29, 0.717) is 47.5 Å². The first-order chi connectivity index (χ1) is 19.9. The third-order valence-electron chi connectivity index (χ3n) is 7.22. The lowest BCUT2D eigenvalue weighted by Crippen LogP contribution is -2.27. The molecule has 1 aliphatic heterocycles. The molecule has 4 bridgehead atoms. The molecule has 3 heterocycles. The Hall–Kier alpha value is -2.84. The highest BCUT2D eigenvalue weighted by molar-refractivity contribution is 7.85. The summed E-state index contributed by atoms with van der Waals surface area (Å²) < 4.78 is 44.7. The number of aromatic nitrogens is 3. The summed E-state index contributed by atoms with van der Waals surface area (Å²) >= 11 is 1.36. The Morgan fingerprint density at radius 3 is 2.62 bits per heavy atom. The Morgan fingerprint density at radius 1 is 1.05 bits per heavy atom. The molecule has 2 aromatic carbocycles. The van der Waals surface area contributed by atoms with E-state index in [9.17, 15) is 18.0 Å². The van der Waals surface area contributed by atoms with Gasteiger partial charge in [0.25, 0.3) is 21.2 Å². The van der Waals surface area contributed by atoms with Crippen molar-refractivity contribution in [2.45, 2.75) is 64.6 Å². The molecule has 0 saturated heterocycles. The van der Waals surface area contributed by atoms with Crippen molar-refractivity contribution in [2.24, 2.45) is 0 Å². The molecule has 5 rings (SSSR count). The van der Waals surface area contributed by atoms with Crippen LogP contribution in [0.15, 0.2) is 39.9 Å². The standard InChI is InChI=1S/C29H37N3O7S2Si/c1-41(35,36)39-16-13-20-11-12-23-25-26(20)38-15-7-5-6-14-32-28(33)22-10-8-9-21(27(22)40-32)24(30-25)29(34)31(23)19-37-17-18-42(2,3)4/h8-12H,5-7,13-19H2,1-4H3.